The van der Waals surface area contributed by atoms with Crippen LogP contribution < -0.4 is 0 Å². The van der Waals surface area contributed by atoms with Gasteiger partial charge in [0.25, 0.3) is 0 Å². The summed E-state index contributed by atoms with van der Waals surface area (Å²) in [5.74, 6) is 1.32. The summed E-state index contributed by atoms with van der Waals surface area (Å²) >= 11 is 0. The van der Waals surface area contributed by atoms with Gasteiger partial charge in [-0.05, 0) is 161 Å². The van der Waals surface area contributed by atoms with E-state index in [2.05, 4.69) is 265 Å². The molecule has 452 valence electrons. The Bertz CT molecular complexity index is 5140. The zero-order chi connectivity index (χ0) is 62.3. The number of benzene rings is 10. The molecule has 0 atom stereocenters. The van der Waals surface area contributed by atoms with Crippen molar-refractivity contribution in [2.75, 3.05) is 0 Å². The smallest absolute Gasteiger partial charge is 0.500 e. The van der Waals surface area contributed by atoms with Gasteiger partial charge in [-0.15, -0.1) is 89.0 Å². The van der Waals surface area contributed by atoms with Crippen LogP contribution in [0.4, 0.5) is 0 Å². The van der Waals surface area contributed by atoms with Gasteiger partial charge in [0.05, 0.1) is 11.4 Å². The molecule has 0 bridgehead atoms. The van der Waals surface area contributed by atoms with Crippen molar-refractivity contribution >= 4 is 54.6 Å². The zero-order valence-electron chi connectivity index (χ0n) is 53.3. The first-order valence-corrected chi connectivity index (χ1v) is 31.8. The van der Waals surface area contributed by atoms with E-state index in [0.29, 0.717) is 0 Å². The summed E-state index contributed by atoms with van der Waals surface area (Å²) in [6, 6.07) is 81.5. The first-order valence-electron chi connectivity index (χ1n) is 31.8. The molecule has 0 saturated heterocycles. The normalized spacial score (nSPS) is 11.5. The van der Waals surface area contributed by atoms with Crippen LogP contribution in [0.5, 0.6) is 0 Å². The molecule has 0 aliphatic carbocycles. The Morgan fingerprint density at radius 2 is 1.10 bits per heavy atom. The number of hydrogen-bond acceptors (Lipinski definition) is 5. The van der Waals surface area contributed by atoms with Crippen LogP contribution in [0.15, 0.2) is 234 Å². The predicted octanol–water partition coefficient (Wildman–Crippen LogP) is 22.1. The topological polar surface area (TPSA) is 69.9 Å². The van der Waals surface area contributed by atoms with Crippen molar-refractivity contribution in [2.45, 2.75) is 92.9 Å². The van der Waals surface area contributed by atoms with Gasteiger partial charge in [-0.2, -0.15) is 0 Å². The summed E-state index contributed by atoms with van der Waals surface area (Å²) in [7, 11) is 0. The summed E-state index contributed by atoms with van der Waals surface area (Å²) in [6.45, 7) is 17.6. The number of hydrogen-bond donors (Lipinski definition) is 0. The van der Waals surface area contributed by atoms with E-state index < -0.39 is 0 Å². The van der Waals surface area contributed by atoms with Crippen LogP contribution in [-0.4, -0.2) is 19.5 Å². The maximum absolute atomic E-state index is 6.85. The summed E-state index contributed by atoms with van der Waals surface area (Å²) in [4.78, 5) is 14.3. The Hall–Kier alpha value is -9.78. The first-order chi connectivity index (χ1) is 44.4. The van der Waals surface area contributed by atoms with E-state index in [1.165, 1.54) is 72.3 Å². The van der Waals surface area contributed by atoms with Gasteiger partial charge in [-0.1, -0.05) is 178 Å². The summed E-state index contributed by atoms with van der Waals surface area (Å²) in [5, 5.41) is 6.66. The molecule has 6 nitrogen and oxygen atoms in total. The SMILES string of the molecule is CC(C)c1cc(-c2ccc3c(c2)oc2ccccc23)cc(C(C)C)c1-n1ccnc1-c1[c-]ccc2c1oc1c3ccc(-c4ccccc4)cc3ccc21.Cc1c[c-]c(-c2cc(C)c(CCc3cccc(CCc4c[c-]c(-c5cc(C)c(C)cn5)cc4)c3)cn2)cc1.[Ir+3]. The molecule has 0 unspecified atom stereocenters. The second kappa shape index (κ2) is 26.2. The molecule has 15 rings (SSSR count). The number of furan rings is 2. The van der Waals surface area contributed by atoms with Crippen LogP contribution in [0.2, 0.25) is 0 Å². The molecule has 7 heteroatoms. The van der Waals surface area contributed by atoms with E-state index in [-0.39, 0.29) is 31.9 Å². The molecule has 0 aliphatic heterocycles. The Labute approximate surface area is 553 Å². The standard InChI is InChI=1S/C49H37N2O2.C36H34N2.Ir/c1-29(2)42-26-35(33-18-21-38-37-13-8-9-16-44(37)52-45(38)28-33)27-43(30(3)4)46(42)51-24-23-50-49(51)41-15-10-14-39-40-22-19-34-25-32(31-11-6-5-7-12-31)17-20-36(34)47(40)53-48(39)41;1-25-8-15-32(16-9-25)36-21-27(3)34(24-38-36)19-14-31-7-5-6-30(22-31)11-10-29-12-17-33(18-13-29)35-20-26(2)28(4)23-37-35;/h5-14,16-30H,1-4H3;5-9,12-13,15,17,20-24H,10-11,14,19H2,1-4H3;/q-1;-2;+3. The van der Waals surface area contributed by atoms with Crippen molar-refractivity contribution in [3.05, 3.63) is 299 Å². The molecule has 0 fully saturated rings. The van der Waals surface area contributed by atoms with Crippen molar-refractivity contribution in [2.24, 2.45) is 0 Å². The fraction of sp³-hybridized carbons (Fsp3) is 0.165. The fourth-order valence-corrected chi connectivity index (χ4v) is 12.8. The van der Waals surface area contributed by atoms with Crippen molar-refractivity contribution < 1.29 is 28.9 Å². The summed E-state index contributed by atoms with van der Waals surface area (Å²) in [6.07, 6.45) is 12.0. The van der Waals surface area contributed by atoms with Gasteiger partial charge in [0.15, 0.2) is 0 Å². The van der Waals surface area contributed by atoms with Crippen LogP contribution in [0.1, 0.15) is 95.2 Å². The number of para-hydroxylation sites is 1. The minimum atomic E-state index is 0. The number of rotatable bonds is 14. The Morgan fingerprint density at radius 1 is 0.446 bits per heavy atom. The molecule has 5 heterocycles. The predicted molar refractivity (Wildman–Crippen MR) is 376 cm³/mol. The van der Waals surface area contributed by atoms with Crippen LogP contribution in [0.3, 0.4) is 0 Å². The molecule has 0 N–H and O–H groups in total. The molecule has 15 aromatic rings. The van der Waals surface area contributed by atoms with Crippen molar-refractivity contribution in [3.63, 3.8) is 0 Å². The van der Waals surface area contributed by atoms with E-state index >= 15 is 0 Å². The number of aromatic nitrogens is 4. The Balaban J connectivity index is 0.000000176. The largest absolute Gasteiger partial charge is 3.00 e. The average Bonchev–Trinajstić information content (AvgIpc) is 1.61. The second-order valence-corrected chi connectivity index (χ2v) is 25.0. The van der Waals surface area contributed by atoms with Crippen molar-refractivity contribution in [1.82, 2.24) is 19.5 Å². The Morgan fingerprint density at radius 3 is 1.82 bits per heavy atom. The maximum atomic E-state index is 6.85. The molecule has 5 aromatic heterocycles. The van der Waals surface area contributed by atoms with Gasteiger partial charge in [-0.3, -0.25) is 4.98 Å². The van der Waals surface area contributed by atoms with Gasteiger partial charge >= 0.3 is 20.1 Å². The molecule has 0 saturated carbocycles. The van der Waals surface area contributed by atoms with Crippen LogP contribution in [-0.2, 0) is 45.8 Å². The molecular formula is C85H71IrN4O2. The van der Waals surface area contributed by atoms with Crippen LogP contribution >= 0.6 is 0 Å². The fourth-order valence-electron chi connectivity index (χ4n) is 12.8. The molecule has 0 radical (unpaired) electrons. The second-order valence-electron chi connectivity index (χ2n) is 25.0. The van der Waals surface area contributed by atoms with E-state index in [9.17, 15) is 0 Å². The maximum Gasteiger partial charge on any atom is 3.00 e. The van der Waals surface area contributed by atoms with E-state index in [0.717, 1.165) is 125 Å². The average molecular weight is 1370 g/mol. The minimum absolute atomic E-state index is 0. The molecule has 0 spiro atoms. The number of pyridine rings is 2. The van der Waals surface area contributed by atoms with Gasteiger partial charge in [-0.25, -0.2) is 0 Å². The van der Waals surface area contributed by atoms with Crippen LogP contribution in [0.25, 0.3) is 116 Å². The van der Waals surface area contributed by atoms with E-state index in [1.807, 2.05) is 42.9 Å². The molecular weight excluding hydrogens is 1300 g/mol. The van der Waals surface area contributed by atoms with Gasteiger partial charge in [0.2, 0.25) is 0 Å². The van der Waals surface area contributed by atoms with Crippen LogP contribution in [0, 0.1) is 45.9 Å². The third-order valence-corrected chi connectivity index (χ3v) is 18.1. The molecule has 92 heavy (non-hydrogen) atoms. The third kappa shape index (κ3) is 12.3. The Kier molecular flexibility index (Phi) is 17.4. The minimum Gasteiger partial charge on any atom is -0.500 e. The third-order valence-electron chi connectivity index (χ3n) is 18.1. The summed E-state index contributed by atoms with van der Waals surface area (Å²) < 4.78 is 15.4. The zero-order valence-corrected chi connectivity index (χ0v) is 55.7. The van der Waals surface area contributed by atoms with E-state index in [4.69, 9.17) is 18.8 Å². The molecule has 10 aromatic carbocycles. The van der Waals surface area contributed by atoms with Crippen molar-refractivity contribution in [3.8, 4) is 61.8 Å². The van der Waals surface area contributed by atoms with Gasteiger partial charge in [0.1, 0.15) is 16.7 Å². The number of aryl methyl sites for hydroxylation is 8. The first kappa shape index (κ1) is 61.1. The monoisotopic (exact) mass is 1370 g/mol. The summed E-state index contributed by atoms with van der Waals surface area (Å²) in [5.41, 5.74) is 27.1. The number of nitrogens with zero attached hydrogens (tertiary/aromatic N) is 4. The quantitative estimate of drug-likeness (QED) is 0.101. The van der Waals surface area contributed by atoms with Gasteiger partial charge < -0.3 is 23.4 Å². The van der Waals surface area contributed by atoms with Gasteiger partial charge in [0, 0.05) is 52.0 Å². The van der Waals surface area contributed by atoms with E-state index in [1.54, 1.807) is 0 Å². The number of fused-ring (bicyclic) bond motifs is 8. The molecule has 0 aliphatic rings. The van der Waals surface area contributed by atoms with Crippen molar-refractivity contribution in [1.29, 1.82) is 0 Å². The molecule has 0 amide bonds. The number of imidazole rings is 1.